The molecular weight excluding hydrogens is 403 g/mol. The van der Waals surface area contributed by atoms with Gasteiger partial charge in [0.05, 0.1) is 22.6 Å². The van der Waals surface area contributed by atoms with Gasteiger partial charge in [0.25, 0.3) is 0 Å². The molecule has 2 aromatic carbocycles. The standard InChI is InChI=1S/C22H23FN4O4/c23-16-7-8-17-18(14-16)25-22(24-17)15-9-11-26(12-10-15)21(28)6-3-13-31-20-5-2-1-4-19(20)27(29)30/h1-2,4-5,7-8,14-15H,3,6,9-13H2,(H,24,25). The second-order valence-corrected chi connectivity index (χ2v) is 7.62. The lowest BCUT2D eigenvalue weighted by atomic mass is 9.96. The summed E-state index contributed by atoms with van der Waals surface area (Å²) in [7, 11) is 0. The van der Waals surface area contributed by atoms with E-state index < -0.39 is 4.92 Å². The van der Waals surface area contributed by atoms with Gasteiger partial charge in [0, 0.05) is 31.5 Å². The second kappa shape index (κ2) is 9.11. The van der Waals surface area contributed by atoms with E-state index in [1.807, 2.05) is 4.90 Å². The fourth-order valence-electron chi connectivity index (χ4n) is 3.89. The molecule has 1 amide bonds. The number of nitro benzene ring substituents is 1. The summed E-state index contributed by atoms with van der Waals surface area (Å²) in [5.41, 5.74) is 1.35. The third-order valence-corrected chi connectivity index (χ3v) is 5.55. The number of hydrogen-bond acceptors (Lipinski definition) is 5. The van der Waals surface area contributed by atoms with Crippen molar-refractivity contribution in [3.05, 3.63) is 64.2 Å². The molecular formula is C22H23FN4O4. The van der Waals surface area contributed by atoms with Gasteiger partial charge in [0.2, 0.25) is 5.91 Å². The van der Waals surface area contributed by atoms with Crippen molar-refractivity contribution in [2.45, 2.75) is 31.6 Å². The van der Waals surface area contributed by atoms with Gasteiger partial charge >= 0.3 is 5.69 Å². The van der Waals surface area contributed by atoms with Crippen molar-refractivity contribution in [1.82, 2.24) is 14.9 Å². The van der Waals surface area contributed by atoms with E-state index in [-0.39, 0.29) is 35.7 Å². The first-order valence-corrected chi connectivity index (χ1v) is 10.3. The minimum atomic E-state index is -0.483. The minimum Gasteiger partial charge on any atom is -0.487 e. The van der Waals surface area contributed by atoms with E-state index in [0.717, 1.165) is 24.2 Å². The molecule has 0 aliphatic carbocycles. The number of ether oxygens (including phenoxy) is 1. The Hall–Kier alpha value is -3.49. The maximum atomic E-state index is 13.4. The van der Waals surface area contributed by atoms with E-state index in [9.17, 15) is 19.3 Å². The average Bonchev–Trinajstić information content (AvgIpc) is 3.20. The topological polar surface area (TPSA) is 101 Å². The van der Waals surface area contributed by atoms with Crippen LogP contribution in [0.2, 0.25) is 0 Å². The smallest absolute Gasteiger partial charge is 0.310 e. The Morgan fingerprint density at radius 1 is 1.26 bits per heavy atom. The maximum absolute atomic E-state index is 13.4. The lowest BCUT2D eigenvalue weighted by Crippen LogP contribution is -2.38. The van der Waals surface area contributed by atoms with E-state index in [2.05, 4.69) is 9.97 Å². The average molecular weight is 426 g/mol. The van der Waals surface area contributed by atoms with Crippen LogP contribution in [0.1, 0.15) is 37.4 Å². The first-order chi connectivity index (χ1) is 15.0. The third kappa shape index (κ3) is 4.82. The summed E-state index contributed by atoms with van der Waals surface area (Å²) in [6.07, 6.45) is 2.40. The zero-order chi connectivity index (χ0) is 21.8. The van der Waals surface area contributed by atoms with Gasteiger partial charge in [0.1, 0.15) is 11.6 Å². The van der Waals surface area contributed by atoms with Gasteiger partial charge in [-0.1, -0.05) is 12.1 Å². The highest BCUT2D eigenvalue weighted by Crippen LogP contribution is 2.29. The predicted molar refractivity (Wildman–Crippen MR) is 112 cm³/mol. The Morgan fingerprint density at radius 2 is 2.03 bits per heavy atom. The summed E-state index contributed by atoms with van der Waals surface area (Å²) < 4.78 is 18.9. The van der Waals surface area contributed by atoms with Crippen molar-refractivity contribution in [3.8, 4) is 5.75 Å². The molecule has 31 heavy (non-hydrogen) atoms. The van der Waals surface area contributed by atoms with Crippen LogP contribution >= 0.6 is 0 Å². The number of aromatic amines is 1. The molecule has 1 aliphatic rings. The number of piperidine rings is 1. The predicted octanol–water partition coefficient (Wildman–Crippen LogP) is 4.18. The number of para-hydroxylation sites is 2. The molecule has 162 valence electrons. The van der Waals surface area contributed by atoms with Crippen molar-refractivity contribution in [2.24, 2.45) is 0 Å². The quantitative estimate of drug-likeness (QED) is 0.347. The Bertz CT molecular complexity index is 1090. The number of fused-ring (bicyclic) bond motifs is 1. The molecule has 4 rings (SSSR count). The molecule has 0 unspecified atom stereocenters. The molecule has 0 radical (unpaired) electrons. The summed E-state index contributed by atoms with van der Waals surface area (Å²) >= 11 is 0. The van der Waals surface area contributed by atoms with Crippen LogP contribution in [0.3, 0.4) is 0 Å². The number of likely N-dealkylation sites (tertiary alicyclic amines) is 1. The van der Waals surface area contributed by atoms with Gasteiger partial charge < -0.3 is 14.6 Å². The second-order valence-electron chi connectivity index (χ2n) is 7.62. The molecule has 0 bridgehead atoms. The van der Waals surface area contributed by atoms with Gasteiger partial charge in [-0.05, 0) is 43.5 Å². The number of carbonyl (C=O) groups excluding carboxylic acids is 1. The summed E-state index contributed by atoms with van der Waals surface area (Å²) in [6.45, 7) is 1.52. The highest BCUT2D eigenvalue weighted by atomic mass is 19.1. The molecule has 0 saturated carbocycles. The number of carbonyl (C=O) groups is 1. The Labute approximate surface area is 178 Å². The van der Waals surface area contributed by atoms with Gasteiger partial charge in [-0.15, -0.1) is 0 Å². The number of H-pyrrole nitrogens is 1. The van der Waals surface area contributed by atoms with Crippen LogP contribution in [0.25, 0.3) is 11.0 Å². The van der Waals surface area contributed by atoms with Crippen LogP contribution in [-0.2, 0) is 4.79 Å². The maximum Gasteiger partial charge on any atom is 0.310 e. The van der Waals surface area contributed by atoms with Crippen LogP contribution < -0.4 is 4.74 Å². The van der Waals surface area contributed by atoms with Gasteiger partial charge in [-0.25, -0.2) is 9.37 Å². The van der Waals surface area contributed by atoms with Gasteiger partial charge in [-0.3, -0.25) is 14.9 Å². The number of hydrogen-bond donors (Lipinski definition) is 1. The van der Waals surface area contributed by atoms with Gasteiger partial charge in [-0.2, -0.15) is 0 Å². The summed E-state index contributed by atoms with van der Waals surface area (Å²) in [4.78, 5) is 32.6. The highest BCUT2D eigenvalue weighted by molar-refractivity contribution is 5.76. The van der Waals surface area contributed by atoms with Crippen molar-refractivity contribution in [1.29, 1.82) is 0 Å². The van der Waals surface area contributed by atoms with Crippen molar-refractivity contribution >= 4 is 22.6 Å². The molecule has 1 fully saturated rings. The van der Waals surface area contributed by atoms with E-state index in [1.54, 1.807) is 24.3 Å². The number of aromatic nitrogens is 2. The molecule has 3 aromatic rings. The normalized spacial score (nSPS) is 14.7. The number of amides is 1. The van der Waals surface area contributed by atoms with E-state index in [1.165, 1.54) is 18.2 Å². The SMILES string of the molecule is O=C(CCCOc1ccccc1[N+](=O)[O-])N1CCC(c2nc3ccc(F)cc3[nH]2)CC1. The van der Waals surface area contributed by atoms with Gasteiger partial charge in [0.15, 0.2) is 5.75 Å². The summed E-state index contributed by atoms with van der Waals surface area (Å²) in [6, 6.07) is 10.7. The highest BCUT2D eigenvalue weighted by Gasteiger charge is 2.25. The first kappa shape index (κ1) is 20.8. The van der Waals surface area contributed by atoms with Crippen LogP contribution in [0, 0.1) is 15.9 Å². The molecule has 9 heteroatoms. The molecule has 2 heterocycles. The molecule has 1 saturated heterocycles. The number of rotatable bonds is 7. The Morgan fingerprint density at radius 3 is 2.81 bits per heavy atom. The van der Waals surface area contributed by atoms with Crippen LogP contribution in [0.5, 0.6) is 5.75 Å². The van der Waals surface area contributed by atoms with Crippen LogP contribution in [-0.4, -0.2) is 45.4 Å². The minimum absolute atomic E-state index is 0.0521. The molecule has 0 atom stereocenters. The molecule has 8 nitrogen and oxygen atoms in total. The van der Waals surface area contributed by atoms with Crippen molar-refractivity contribution in [3.63, 3.8) is 0 Å². The van der Waals surface area contributed by atoms with E-state index in [4.69, 9.17) is 4.74 Å². The zero-order valence-corrected chi connectivity index (χ0v) is 16.9. The van der Waals surface area contributed by atoms with Crippen molar-refractivity contribution < 1.29 is 18.8 Å². The largest absolute Gasteiger partial charge is 0.487 e. The Balaban J connectivity index is 1.23. The number of imidazole rings is 1. The third-order valence-electron chi connectivity index (χ3n) is 5.55. The fourth-order valence-corrected chi connectivity index (χ4v) is 3.89. The van der Waals surface area contributed by atoms with Crippen LogP contribution in [0.4, 0.5) is 10.1 Å². The molecule has 1 aliphatic heterocycles. The van der Waals surface area contributed by atoms with Crippen LogP contribution in [0.15, 0.2) is 42.5 Å². The molecule has 1 N–H and O–H groups in total. The lowest BCUT2D eigenvalue weighted by Gasteiger charge is -2.31. The Kier molecular flexibility index (Phi) is 6.11. The summed E-state index contributed by atoms with van der Waals surface area (Å²) in [5.74, 6) is 1.02. The van der Waals surface area contributed by atoms with E-state index >= 15 is 0 Å². The van der Waals surface area contributed by atoms with E-state index in [0.29, 0.717) is 31.4 Å². The number of halogens is 1. The summed E-state index contributed by atoms with van der Waals surface area (Å²) in [5, 5.41) is 11.0. The number of benzene rings is 2. The number of nitrogens with one attached hydrogen (secondary N) is 1. The molecule has 0 spiro atoms. The number of nitrogens with zero attached hydrogens (tertiary/aromatic N) is 3. The molecule has 1 aromatic heterocycles. The van der Waals surface area contributed by atoms with Crippen molar-refractivity contribution in [2.75, 3.05) is 19.7 Å². The number of nitro groups is 1. The first-order valence-electron chi connectivity index (χ1n) is 10.3. The fraction of sp³-hybridized carbons (Fsp3) is 0.364. The lowest BCUT2D eigenvalue weighted by molar-refractivity contribution is -0.385. The monoisotopic (exact) mass is 426 g/mol. The zero-order valence-electron chi connectivity index (χ0n) is 16.9.